The van der Waals surface area contributed by atoms with Gasteiger partial charge in [0.15, 0.2) is 0 Å². The predicted molar refractivity (Wildman–Crippen MR) is 74.2 cm³/mol. The molecule has 0 radical (unpaired) electrons. The molecule has 0 atom stereocenters. The standard InChI is InChI=1S/C12H8BrClN2O3/c1-6-4-10(17)11(12(18)19)15-16(6)7-2-3-9(14)8(13)5-7/h2-5H,1H3,(H,18,19). The summed E-state index contributed by atoms with van der Waals surface area (Å²) in [7, 11) is 0. The van der Waals surface area contributed by atoms with Crippen molar-refractivity contribution in [2.45, 2.75) is 6.92 Å². The Kier molecular flexibility index (Phi) is 3.73. The maximum atomic E-state index is 11.5. The molecule has 0 spiro atoms. The Bertz CT molecular complexity index is 727. The number of aromatic nitrogens is 2. The highest BCUT2D eigenvalue weighted by Gasteiger charge is 2.14. The molecule has 0 saturated heterocycles. The first kappa shape index (κ1) is 13.8. The van der Waals surface area contributed by atoms with Gasteiger partial charge in [-0.05, 0) is 41.1 Å². The van der Waals surface area contributed by atoms with Crippen LogP contribution in [0.4, 0.5) is 0 Å². The van der Waals surface area contributed by atoms with Crippen LogP contribution in [0.2, 0.25) is 5.02 Å². The van der Waals surface area contributed by atoms with Gasteiger partial charge >= 0.3 is 5.97 Å². The van der Waals surface area contributed by atoms with E-state index in [9.17, 15) is 9.59 Å². The number of carbonyl (C=O) groups is 1. The molecule has 0 aliphatic heterocycles. The number of aromatic carboxylic acids is 1. The first-order chi connectivity index (χ1) is 8.90. The molecule has 5 nitrogen and oxygen atoms in total. The van der Waals surface area contributed by atoms with Crippen molar-refractivity contribution in [1.29, 1.82) is 0 Å². The van der Waals surface area contributed by atoms with E-state index in [1.807, 2.05) is 0 Å². The van der Waals surface area contributed by atoms with Crippen molar-refractivity contribution in [1.82, 2.24) is 9.78 Å². The molecule has 0 aliphatic rings. The molecule has 0 saturated carbocycles. The number of hydrogen-bond donors (Lipinski definition) is 1. The summed E-state index contributed by atoms with van der Waals surface area (Å²) in [6, 6.07) is 6.27. The third kappa shape index (κ3) is 2.69. The van der Waals surface area contributed by atoms with Gasteiger partial charge < -0.3 is 5.11 Å². The molecule has 2 aromatic rings. The number of carboxylic acids is 1. The Labute approximate surface area is 121 Å². The van der Waals surface area contributed by atoms with Gasteiger partial charge in [-0.3, -0.25) is 4.79 Å². The van der Waals surface area contributed by atoms with Gasteiger partial charge in [0, 0.05) is 16.2 Å². The van der Waals surface area contributed by atoms with E-state index in [-0.39, 0.29) is 0 Å². The first-order valence-corrected chi connectivity index (χ1v) is 6.37. The zero-order valence-corrected chi connectivity index (χ0v) is 12.1. The summed E-state index contributed by atoms with van der Waals surface area (Å²) in [5.41, 5.74) is 0.00597. The summed E-state index contributed by atoms with van der Waals surface area (Å²) in [6.45, 7) is 1.67. The Hall–Kier alpha value is -1.66. The van der Waals surface area contributed by atoms with E-state index in [2.05, 4.69) is 21.0 Å². The lowest BCUT2D eigenvalue weighted by Gasteiger charge is -2.10. The van der Waals surface area contributed by atoms with Gasteiger partial charge in [-0.2, -0.15) is 5.10 Å². The lowest BCUT2D eigenvalue weighted by Crippen LogP contribution is -2.22. The summed E-state index contributed by atoms with van der Waals surface area (Å²) < 4.78 is 2.04. The molecule has 98 valence electrons. The fourth-order valence-corrected chi connectivity index (χ4v) is 2.06. The Morgan fingerprint density at radius 1 is 1.42 bits per heavy atom. The monoisotopic (exact) mass is 342 g/mol. The largest absolute Gasteiger partial charge is 0.476 e. The van der Waals surface area contributed by atoms with Gasteiger partial charge in [0.05, 0.1) is 10.7 Å². The molecule has 0 aliphatic carbocycles. The van der Waals surface area contributed by atoms with Crippen LogP contribution in [0.15, 0.2) is 33.5 Å². The number of halogens is 2. The molecule has 1 aromatic carbocycles. The normalized spacial score (nSPS) is 10.5. The lowest BCUT2D eigenvalue weighted by atomic mass is 10.3. The zero-order chi connectivity index (χ0) is 14.2. The number of nitrogens with zero attached hydrogens (tertiary/aromatic N) is 2. The van der Waals surface area contributed by atoms with Crippen LogP contribution in [0.25, 0.3) is 5.69 Å². The van der Waals surface area contributed by atoms with Gasteiger partial charge in [-0.15, -0.1) is 0 Å². The second-order valence-corrected chi connectivity index (χ2v) is 5.08. The van der Waals surface area contributed by atoms with Crippen LogP contribution in [-0.2, 0) is 0 Å². The number of hydrogen-bond acceptors (Lipinski definition) is 3. The molecule has 2 rings (SSSR count). The molecular formula is C12H8BrClN2O3. The fourth-order valence-electron chi connectivity index (χ4n) is 1.57. The van der Waals surface area contributed by atoms with Crippen molar-refractivity contribution in [3.63, 3.8) is 0 Å². The molecule has 0 bridgehead atoms. The van der Waals surface area contributed by atoms with Crippen LogP contribution in [0.3, 0.4) is 0 Å². The average Bonchev–Trinajstić information content (AvgIpc) is 2.32. The van der Waals surface area contributed by atoms with E-state index in [0.717, 1.165) is 0 Å². The summed E-state index contributed by atoms with van der Waals surface area (Å²) in [5.74, 6) is -1.35. The van der Waals surface area contributed by atoms with Crippen molar-refractivity contribution < 1.29 is 9.90 Å². The first-order valence-electron chi connectivity index (χ1n) is 5.20. The highest BCUT2D eigenvalue weighted by Crippen LogP contribution is 2.24. The van der Waals surface area contributed by atoms with Gasteiger partial charge in [-0.25, -0.2) is 9.48 Å². The molecule has 0 amide bonds. The highest BCUT2D eigenvalue weighted by atomic mass is 79.9. The van der Waals surface area contributed by atoms with Crippen LogP contribution < -0.4 is 5.43 Å². The van der Waals surface area contributed by atoms with E-state index in [1.54, 1.807) is 25.1 Å². The molecule has 0 unspecified atom stereocenters. The number of benzene rings is 1. The van der Waals surface area contributed by atoms with Gasteiger partial charge in [0.2, 0.25) is 11.1 Å². The van der Waals surface area contributed by atoms with Crippen LogP contribution in [0.5, 0.6) is 0 Å². The second-order valence-electron chi connectivity index (χ2n) is 3.81. The maximum absolute atomic E-state index is 11.5. The summed E-state index contributed by atoms with van der Waals surface area (Å²) in [6.07, 6.45) is 0. The SMILES string of the molecule is Cc1cc(=O)c(C(=O)O)nn1-c1ccc(Cl)c(Br)c1. The molecule has 19 heavy (non-hydrogen) atoms. The molecule has 1 N–H and O–H groups in total. The minimum Gasteiger partial charge on any atom is -0.476 e. The van der Waals surface area contributed by atoms with E-state index >= 15 is 0 Å². The third-order valence-electron chi connectivity index (χ3n) is 2.46. The quantitative estimate of drug-likeness (QED) is 0.910. The van der Waals surface area contributed by atoms with Crippen molar-refractivity contribution in [3.05, 3.63) is 55.4 Å². The zero-order valence-electron chi connectivity index (χ0n) is 9.72. The van der Waals surface area contributed by atoms with Crippen molar-refractivity contribution in [2.24, 2.45) is 0 Å². The topological polar surface area (TPSA) is 72.2 Å². The highest BCUT2D eigenvalue weighted by molar-refractivity contribution is 9.10. The Balaban J connectivity index is 2.68. The maximum Gasteiger partial charge on any atom is 0.360 e. The molecule has 1 heterocycles. The van der Waals surface area contributed by atoms with Gasteiger partial charge in [-0.1, -0.05) is 11.6 Å². The van der Waals surface area contributed by atoms with Gasteiger partial charge in [0.25, 0.3) is 0 Å². The van der Waals surface area contributed by atoms with Crippen molar-refractivity contribution in [2.75, 3.05) is 0 Å². The predicted octanol–water partition coefficient (Wildman–Crippen LogP) is 2.66. The van der Waals surface area contributed by atoms with Crippen molar-refractivity contribution >= 4 is 33.5 Å². The number of carboxylic acid groups (broad SMARTS) is 1. The van der Waals surface area contributed by atoms with Crippen LogP contribution in [-0.4, -0.2) is 20.9 Å². The van der Waals surface area contributed by atoms with E-state index in [1.165, 1.54) is 10.7 Å². The Morgan fingerprint density at radius 3 is 2.68 bits per heavy atom. The van der Waals surface area contributed by atoms with Crippen LogP contribution in [0.1, 0.15) is 16.2 Å². The summed E-state index contributed by atoms with van der Waals surface area (Å²) in [4.78, 5) is 22.4. The minimum atomic E-state index is -1.35. The van der Waals surface area contributed by atoms with Crippen molar-refractivity contribution in [3.8, 4) is 5.69 Å². The number of aryl methyl sites for hydroxylation is 1. The lowest BCUT2D eigenvalue weighted by molar-refractivity contribution is 0.0686. The molecule has 1 aromatic heterocycles. The summed E-state index contributed by atoms with van der Waals surface area (Å²) in [5, 5.41) is 13.3. The van der Waals surface area contributed by atoms with E-state index in [4.69, 9.17) is 16.7 Å². The number of rotatable bonds is 2. The molecule has 0 fully saturated rings. The summed E-state index contributed by atoms with van der Waals surface area (Å²) >= 11 is 9.17. The van der Waals surface area contributed by atoms with Crippen LogP contribution in [0, 0.1) is 6.92 Å². The second kappa shape index (κ2) is 5.14. The smallest absolute Gasteiger partial charge is 0.360 e. The molecular weight excluding hydrogens is 335 g/mol. The molecule has 7 heteroatoms. The third-order valence-corrected chi connectivity index (χ3v) is 3.67. The minimum absolute atomic E-state index is 0.517. The van der Waals surface area contributed by atoms with Crippen LogP contribution >= 0.6 is 27.5 Å². The van der Waals surface area contributed by atoms with E-state index < -0.39 is 17.1 Å². The van der Waals surface area contributed by atoms with Gasteiger partial charge in [0.1, 0.15) is 0 Å². The fraction of sp³-hybridized carbons (Fsp3) is 0.0833. The average molecular weight is 344 g/mol. The van der Waals surface area contributed by atoms with E-state index in [0.29, 0.717) is 20.9 Å². The Morgan fingerprint density at radius 2 is 2.11 bits per heavy atom.